The smallest absolute Gasteiger partial charge is 0.306 e. The molecule has 2 N–H and O–H groups in total. The average Bonchev–Trinajstić information content (AvgIpc) is 2.94. The van der Waals surface area contributed by atoms with Crippen LogP contribution in [-0.4, -0.2) is 36.9 Å². The minimum absolute atomic E-state index is 0.0806. The summed E-state index contributed by atoms with van der Waals surface area (Å²) in [6.07, 6.45) is 0.677. The molecule has 8 heteroatoms. The average molecular weight is 344 g/mol. The normalized spacial score (nSPS) is 18.2. The van der Waals surface area contributed by atoms with Crippen molar-refractivity contribution >= 4 is 16.2 Å². The maximum absolute atomic E-state index is 12.3. The largest absolute Gasteiger partial charge is 0.481 e. The van der Waals surface area contributed by atoms with E-state index in [9.17, 15) is 13.2 Å². The van der Waals surface area contributed by atoms with E-state index in [1.165, 1.54) is 4.31 Å². The lowest BCUT2D eigenvalue weighted by atomic mass is 9.94. The summed E-state index contributed by atoms with van der Waals surface area (Å²) in [7, 11) is -3.63. The first-order chi connectivity index (χ1) is 10.6. The zero-order chi connectivity index (χ0) is 17.3. The maximum atomic E-state index is 12.3. The first-order valence-electron chi connectivity index (χ1n) is 7.66. The Bertz CT molecular complexity index is 652. The van der Waals surface area contributed by atoms with Crippen LogP contribution in [0.15, 0.2) is 16.5 Å². The van der Waals surface area contributed by atoms with Gasteiger partial charge in [0.25, 0.3) is 10.2 Å². The Labute approximate surface area is 136 Å². The van der Waals surface area contributed by atoms with Crippen molar-refractivity contribution in [3.8, 4) is 0 Å². The number of hydrogen-bond acceptors (Lipinski definition) is 4. The Balaban J connectivity index is 1.92. The molecule has 130 valence electrons. The van der Waals surface area contributed by atoms with Crippen molar-refractivity contribution in [3.63, 3.8) is 0 Å². The molecule has 23 heavy (non-hydrogen) atoms. The molecule has 0 amide bonds. The molecule has 1 aliphatic rings. The third kappa shape index (κ3) is 4.55. The highest BCUT2D eigenvalue weighted by Gasteiger charge is 2.31. The van der Waals surface area contributed by atoms with E-state index in [1.54, 1.807) is 6.07 Å². The summed E-state index contributed by atoms with van der Waals surface area (Å²) in [5.41, 5.74) is -0.129. The highest BCUT2D eigenvalue weighted by Crippen LogP contribution is 2.24. The Kier molecular flexibility index (Phi) is 5.17. The van der Waals surface area contributed by atoms with Crippen molar-refractivity contribution in [1.82, 2.24) is 9.03 Å². The molecule has 0 aliphatic carbocycles. The molecule has 0 aromatic carbocycles. The maximum Gasteiger partial charge on any atom is 0.306 e. The molecule has 2 heterocycles. The number of aliphatic carboxylic acids is 1. The quantitative estimate of drug-likeness (QED) is 0.847. The van der Waals surface area contributed by atoms with Gasteiger partial charge in [0.1, 0.15) is 11.5 Å². The van der Waals surface area contributed by atoms with E-state index >= 15 is 0 Å². The van der Waals surface area contributed by atoms with Crippen LogP contribution in [0.2, 0.25) is 0 Å². The molecule has 0 unspecified atom stereocenters. The van der Waals surface area contributed by atoms with Crippen LogP contribution in [0, 0.1) is 5.92 Å². The number of piperidine rings is 1. The zero-order valence-corrected chi connectivity index (χ0v) is 14.5. The number of furan rings is 1. The third-order valence-electron chi connectivity index (χ3n) is 3.97. The van der Waals surface area contributed by atoms with Crippen LogP contribution in [0.3, 0.4) is 0 Å². The lowest BCUT2D eigenvalue weighted by Gasteiger charge is -2.29. The number of carboxylic acids is 1. The van der Waals surface area contributed by atoms with Gasteiger partial charge in [-0.2, -0.15) is 17.4 Å². The van der Waals surface area contributed by atoms with Crippen LogP contribution < -0.4 is 4.72 Å². The molecular formula is C15H24N2O5S. The molecule has 1 aromatic heterocycles. The number of carbonyl (C=O) groups is 1. The second-order valence-corrected chi connectivity index (χ2v) is 8.61. The Morgan fingerprint density at radius 1 is 1.35 bits per heavy atom. The minimum atomic E-state index is -3.63. The standard InChI is InChI=1S/C15H24N2O5S/c1-15(2,3)13-5-4-12(22-13)10-16-23(20,21)17-8-6-11(7-9-17)14(18)19/h4-5,11,16H,6-10H2,1-3H3,(H,18,19). The third-order valence-corrected chi connectivity index (χ3v) is 5.53. The molecule has 1 fully saturated rings. The molecule has 1 saturated heterocycles. The highest BCUT2D eigenvalue weighted by atomic mass is 32.2. The van der Waals surface area contributed by atoms with E-state index in [-0.39, 0.29) is 25.0 Å². The SMILES string of the molecule is CC(C)(C)c1ccc(CNS(=O)(=O)N2CCC(C(=O)O)CC2)o1. The first kappa shape index (κ1) is 18.0. The molecule has 0 spiro atoms. The monoisotopic (exact) mass is 344 g/mol. The molecule has 0 bridgehead atoms. The van der Waals surface area contributed by atoms with Crippen molar-refractivity contribution in [3.05, 3.63) is 23.7 Å². The molecule has 0 atom stereocenters. The van der Waals surface area contributed by atoms with Gasteiger partial charge in [0, 0.05) is 18.5 Å². The molecule has 0 saturated carbocycles. The van der Waals surface area contributed by atoms with Crippen LogP contribution in [0.1, 0.15) is 45.1 Å². The fraction of sp³-hybridized carbons (Fsp3) is 0.667. The van der Waals surface area contributed by atoms with Gasteiger partial charge in [-0.15, -0.1) is 0 Å². The number of nitrogens with zero attached hydrogens (tertiary/aromatic N) is 1. The van der Waals surface area contributed by atoms with E-state index in [4.69, 9.17) is 9.52 Å². The first-order valence-corrected chi connectivity index (χ1v) is 9.10. The van der Waals surface area contributed by atoms with E-state index < -0.39 is 22.1 Å². The summed E-state index contributed by atoms with van der Waals surface area (Å²) in [4.78, 5) is 10.9. The van der Waals surface area contributed by atoms with Crippen LogP contribution in [0.4, 0.5) is 0 Å². The second-order valence-electron chi connectivity index (χ2n) is 6.85. The van der Waals surface area contributed by atoms with Gasteiger partial charge in [0.05, 0.1) is 12.5 Å². The number of carboxylic acid groups (broad SMARTS) is 1. The minimum Gasteiger partial charge on any atom is -0.481 e. The van der Waals surface area contributed by atoms with E-state index in [2.05, 4.69) is 4.72 Å². The van der Waals surface area contributed by atoms with Crippen LogP contribution in [0.5, 0.6) is 0 Å². The lowest BCUT2D eigenvalue weighted by molar-refractivity contribution is -0.142. The van der Waals surface area contributed by atoms with E-state index in [1.807, 2.05) is 26.8 Å². The molecule has 1 aliphatic heterocycles. The van der Waals surface area contributed by atoms with Crippen molar-refractivity contribution in [2.75, 3.05) is 13.1 Å². The fourth-order valence-electron chi connectivity index (χ4n) is 2.47. The van der Waals surface area contributed by atoms with Gasteiger partial charge in [0.2, 0.25) is 0 Å². The summed E-state index contributed by atoms with van der Waals surface area (Å²) >= 11 is 0. The molecule has 1 aromatic rings. The Morgan fingerprint density at radius 2 is 1.96 bits per heavy atom. The number of nitrogens with one attached hydrogen (secondary N) is 1. The van der Waals surface area contributed by atoms with Gasteiger partial charge >= 0.3 is 5.97 Å². The predicted octanol–water partition coefficient (Wildman–Crippen LogP) is 1.71. The summed E-state index contributed by atoms with van der Waals surface area (Å²) in [6, 6.07) is 3.61. The summed E-state index contributed by atoms with van der Waals surface area (Å²) in [5.74, 6) is 0.0362. The second kappa shape index (κ2) is 6.62. The van der Waals surface area contributed by atoms with Gasteiger partial charge in [0.15, 0.2) is 0 Å². The van der Waals surface area contributed by atoms with Crippen LogP contribution in [0.25, 0.3) is 0 Å². The highest BCUT2D eigenvalue weighted by molar-refractivity contribution is 7.87. The summed E-state index contributed by atoms with van der Waals surface area (Å²) in [6.45, 7) is 6.58. The van der Waals surface area contributed by atoms with Gasteiger partial charge < -0.3 is 9.52 Å². The number of rotatable bonds is 5. The van der Waals surface area contributed by atoms with Crippen LogP contribution in [-0.2, 0) is 27.0 Å². The fourth-order valence-corrected chi connectivity index (χ4v) is 3.67. The molecule has 7 nitrogen and oxygen atoms in total. The van der Waals surface area contributed by atoms with E-state index in [0.29, 0.717) is 18.6 Å². The zero-order valence-electron chi connectivity index (χ0n) is 13.7. The van der Waals surface area contributed by atoms with Crippen molar-refractivity contribution in [1.29, 1.82) is 0 Å². The van der Waals surface area contributed by atoms with Gasteiger partial charge in [-0.1, -0.05) is 20.8 Å². The lowest BCUT2D eigenvalue weighted by Crippen LogP contribution is -2.45. The van der Waals surface area contributed by atoms with Gasteiger partial charge in [-0.05, 0) is 25.0 Å². The van der Waals surface area contributed by atoms with Crippen molar-refractivity contribution in [2.45, 2.75) is 45.6 Å². The van der Waals surface area contributed by atoms with Crippen molar-refractivity contribution in [2.24, 2.45) is 5.92 Å². The summed E-state index contributed by atoms with van der Waals surface area (Å²) in [5, 5.41) is 8.95. The Hall–Kier alpha value is -1.38. The van der Waals surface area contributed by atoms with Gasteiger partial charge in [-0.25, -0.2) is 0 Å². The summed E-state index contributed by atoms with van der Waals surface area (Å²) < 4.78 is 34.0. The predicted molar refractivity (Wildman–Crippen MR) is 85.1 cm³/mol. The Morgan fingerprint density at radius 3 is 2.43 bits per heavy atom. The molecule has 2 rings (SSSR count). The molecular weight excluding hydrogens is 320 g/mol. The van der Waals surface area contributed by atoms with Crippen LogP contribution >= 0.6 is 0 Å². The number of hydrogen-bond donors (Lipinski definition) is 2. The van der Waals surface area contributed by atoms with E-state index in [0.717, 1.165) is 5.76 Å². The topological polar surface area (TPSA) is 99.9 Å². The molecule has 0 radical (unpaired) electrons. The van der Waals surface area contributed by atoms with Gasteiger partial charge in [-0.3, -0.25) is 4.79 Å². The van der Waals surface area contributed by atoms with Crippen molar-refractivity contribution < 1.29 is 22.7 Å².